The Hall–Kier alpha value is -1.26. The Morgan fingerprint density at radius 2 is 2.29 bits per heavy atom. The molecule has 72 valence electrons. The number of hydrogen-bond acceptors (Lipinski definition) is 4. The number of nitrogens with zero attached hydrogens (tertiary/aromatic N) is 2. The average Bonchev–Trinajstić information content (AvgIpc) is 2.69. The summed E-state index contributed by atoms with van der Waals surface area (Å²) in [5.41, 5.74) is 7.41. The minimum atomic E-state index is 0.460. The second kappa shape index (κ2) is 3.86. The van der Waals surface area contributed by atoms with E-state index in [2.05, 4.69) is 9.97 Å². The molecule has 2 rings (SSSR count). The molecule has 0 bridgehead atoms. The first-order chi connectivity index (χ1) is 6.79. The van der Waals surface area contributed by atoms with E-state index in [4.69, 9.17) is 5.73 Å². The first kappa shape index (κ1) is 9.30. The minimum absolute atomic E-state index is 0.460. The largest absolute Gasteiger partial charge is 0.325 e. The molecule has 0 saturated heterocycles. The van der Waals surface area contributed by atoms with Crippen LogP contribution in [0.5, 0.6) is 0 Å². The van der Waals surface area contributed by atoms with Gasteiger partial charge in [0, 0.05) is 6.54 Å². The molecular formula is C10H11N3S. The molecule has 0 atom stereocenters. The molecule has 14 heavy (non-hydrogen) atoms. The Morgan fingerprint density at radius 1 is 1.43 bits per heavy atom. The zero-order valence-corrected chi connectivity index (χ0v) is 8.71. The fraction of sp³-hybridized carbons (Fsp3) is 0.200. The quantitative estimate of drug-likeness (QED) is 0.815. The molecular weight excluding hydrogens is 194 g/mol. The van der Waals surface area contributed by atoms with Gasteiger partial charge in [-0.15, -0.1) is 11.3 Å². The number of nitrogens with two attached hydrogens (primary N) is 1. The fourth-order valence-electron chi connectivity index (χ4n) is 1.28. The van der Waals surface area contributed by atoms with Gasteiger partial charge in [-0.2, -0.15) is 0 Å². The van der Waals surface area contributed by atoms with E-state index in [1.807, 2.05) is 30.5 Å². The molecule has 2 aromatic rings. The van der Waals surface area contributed by atoms with Crippen molar-refractivity contribution in [1.82, 2.24) is 9.97 Å². The van der Waals surface area contributed by atoms with Gasteiger partial charge in [-0.3, -0.25) is 0 Å². The molecule has 2 N–H and O–H groups in total. The molecule has 3 nitrogen and oxygen atoms in total. The summed E-state index contributed by atoms with van der Waals surface area (Å²) in [7, 11) is 0. The maximum Gasteiger partial charge on any atom is 0.126 e. The molecule has 0 amide bonds. The highest BCUT2D eigenvalue weighted by atomic mass is 32.1. The predicted octanol–water partition coefficient (Wildman–Crippen LogP) is 1.97. The summed E-state index contributed by atoms with van der Waals surface area (Å²) in [6.45, 7) is 2.35. The van der Waals surface area contributed by atoms with E-state index in [0.717, 1.165) is 22.1 Å². The molecule has 0 aliphatic rings. The minimum Gasteiger partial charge on any atom is -0.325 e. The van der Waals surface area contributed by atoms with Crippen molar-refractivity contribution in [2.75, 3.05) is 0 Å². The van der Waals surface area contributed by atoms with Crippen LogP contribution in [0.1, 0.15) is 11.5 Å². The van der Waals surface area contributed by atoms with E-state index >= 15 is 0 Å². The standard InChI is InChI=1S/C10H11N3S/c1-7-12-8(6-11)5-9(13-7)10-3-2-4-14-10/h2-5H,6,11H2,1H3. The van der Waals surface area contributed by atoms with Crippen molar-refractivity contribution in [1.29, 1.82) is 0 Å². The lowest BCUT2D eigenvalue weighted by atomic mass is 10.3. The van der Waals surface area contributed by atoms with Crippen LogP contribution in [0, 0.1) is 6.92 Å². The zero-order valence-electron chi connectivity index (χ0n) is 7.90. The van der Waals surface area contributed by atoms with E-state index in [0.29, 0.717) is 6.54 Å². The number of rotatable bonds is 2. The topological polar surface area (TPSA) is 51.8 Å². The monoisotopic (exact) mass is 205 g/mol. The SMILES string of the molecule is Cc1nc(CN)cc(-c2cccs2)n1. The lowest BCUT2D eigenvalue weighted by molar-refractivity contribution is 0.930. The maximum absolute atomic E-state index is 5.55. The molecule has 0 aromatic carbocycles. The van der Waals surface area contributed by atoms with Crippen LogP contribution in [0.3, 0.4) is 0 Å². The summed E-state index contributed by atoms with van der Waals surface area (Å²) in [5.74, 6) is 0.774. The van der Waals surface area contributed by atoms with Crippen LogP contribution in [-0.2, 0) is 6.54 Å². The Morgan fingerprint density at radius 3 is 2.93 bits per heavy atom. The van der Waals surface area contributed by atoms with Gasteiger partial charge in [0.15, 0.2) is 0 Å². The highest BCUT2D eigenvalue weighted by Crippen LogP contribution is 2.22. The zero-order chi connectivity index (χ0) is 9.97. The second-order valence-electron chi connectivity index (χ2n) is 2.97. The van der Waals surface area contributed by atoms with Crippen molar-refractivity contribution in [2.45, 2.75) is 13.5 Å². The first-order valence-electron chi connectivity index (χ1n) is 4.38. The van der Waals surface area contributed by atoms with Gasteiger partial charge < -0.3 is 5.73 Å². The highest BCUT2D eigenvalue weighted by Gasteiger charge is 2.03. The van der Waals surface area contributed by atoms with E-state index in [1.54, 1.807) is 11.3 Å². The highest BCUT2D eigenvalue weighted by molar-refractivity contribution is 7.13. The molecule has 2 heterocycles. The van der Waals surface area contributed by atoms with Crippen LogP contribution >= 0.6 is 11.3 Å². The van der Waals surface area contributed by atoms with Crippen molar-refractivity contribution < 1.29 is 0 Å². The van der Waals surface area contributed by atoms with E-state index in [-0.39, 0.29) is 0 Å². The van der Waals surface area contributed by atoms with Gasteiger partial charge in [0.1, 0.15) is 5.82 Å². The molecule has 0 saturated carbocycles. The van der Waals surface area contributed by atoms with Crippen molar-refractivity contribution in [3.63, 3.8) is 0 Å². The van der Waals surface area contributed by atoms with Gasteiger partial charge in [-0.25, -0.2) is 9.97 Å². The van der Waals surface area contributed by atoms with Gasteiger partial charge >= 0.3 is 0 Å². The summed E-state index contributed by atoms with van der Waals surface area (Å²) >= 11 is 1.67. The van der Waals surface area contributed by atoms with E-state index in [1.165, 1.54) is 0 Å². The van der Waals surface area contributed by atoms with E-state index in [9.17, 15) is 0 Å². The summed E-state index contributed by atoms with van der Waals surface area (Å²) < 4.78 is 0. The maximum atomic E-state index is 5.55. The van der Waals surface area contributed by atoms with Crippen molar-refractivity contribution in [2.24, 2.45) is 5.73 Å². The predicted molar refractivity (Wildman–Crippen MR) is 58.0 cm³/mol. The van der Waals surface area contributed by atoms with E-state index < -0.39 is 0 Å². The molecule has 0 spiro atoms. The first-order valence-corrected chi connectivity index (χ1v) is 5.26. The molecule has 0 aliphatic carbocycles. The molecule has 0 unspecified atom stereocenters. The van der Waals surface area contributed by atoms with Crippen LogP contribution in [-0.4, -0.2) is 9.97 Å². The number of hydrogen-bond donors (Lipinski definition) is 1. The smallest absolute Gasteiger partial charge is 0.126 e. The van der Waals surface area contributed by atoms with Gasteiger partial charge in [0.2, 0.25) is 0 Å². The third kappa shape index (κ3) is 1.81. The summed E-state index contributed by atoms with van der Waals surface area (Å²) in [6, 6.07) is 6.01. The van der Waals surface area contributed by atoms with Crippen LogP contribution in [0.4, 0.5) is 0 Å². The number of thiophene rings is 1. The van der Waals surface area contributed by atoms with Crippen molar-refractivity contribution in [3.8, 4) is 10.6 Å². The van der Waals surface area contributed by atoms with Crippen LogP contribution in [0.15, 0.2) is 23.6 Å². The summed E-state index contributed by atoms with van der Waals surface area (Å²) in [4.78, 5) is 9.76. The average molecular weight is 205 g/mol. The fourth-order valence-corrected chi connectivity index (χ4v) is 1.97. The third-order valence-corrected chi connectivity index (χ3v) is 2.77. The summed E-state index contributed by atoms with van der Waals surface area (Å²) in [6.07, 6.45) is 0. The van der Waals surface area contributed by atoms with Gasteiger partial charge in [-0.1, -0.05) is 6.07 Å². The summed E-state index contributed by atoms with van der Waals surface area (Å²) in [5, 5.41) is 2.04. The molecule has 2 aromatic heterocycles. The van der Waals surface area contributed by atoms with Gasteiger partial charge in [-0.05, 0) is 24.4 Å². The Kier molecular flexibility index (Phi) is 2.56. The molecule has 0 radical (unpaired) electrons. The third-order valence-electron chi connectivity index (χ3n) is 1.87. The Bertz CT molecular complexity index is 423. The van der Waals surface area contributed by atoms with Crippen LogP contribution in [0.2, 0.25) is 0 Å². The van der Waals surface area contributed by atoms with Crippen LogP contribution < -0.4 is 5.73 Å². The van der Waals surface area contributed by atoms with Gasteiger partial charge in [0.05, 0.1) is 16.3 Å². The number of aromatic nitrogens is 2. The second-order valence-corrected chi connectivity index (χ2v) is 3.92. The van der Waals surface area contributed by atoms with Gasteiger partial charge in [0.25, 0.3) is 0 Å². The van der Waals surface area contributed by atoms with Crippen molar-refractivity contribution in [3.05, 3.63) is 35.1 Å². The van der Waals surface area contributed by atoms with Crippen LogP contribution in [0.25, 0.3) is 10.6 Å². The normalized spacial score (nSPS) is 10.4. The van der Waals surface area contributed by atoms with Crippen molar-refractivity contribution >= 4 is 11.3 Å². The molecule has 0 fully saturated rings. The lowest BCUT2D eigenvalue weighted by Crippen LogP contribution is -2.02. The molecule has 0 aliphatic heterocycles. The Balaban J connectivity index is 2.48. The molecule has 4 heteroatoms. The Labute approximate surface area is 86.6 Å². The lowest BCUT2D eigenvalue weighted by Gasteiger charge is -2.01. The number of aryl methyl sites for hydroxylation is 1.